The van der Waals surface area contributed by atoms with Gasteiger partial charge in [0, 0.05) is 19.3 Å². The lowest BCUT2D eigenvalue weighted by Crippen LogP contribution is -2.45. The molecule has 3 aliphatic heterocycles. The summed E-state index contributed by atoms with van der Waals surface area (Å²) < 4.78 is 11.5. The van der Waals surface area contributed by atoms with Gasteiger partial charge in [0.2, 0.25) is 5.91 Å². The average molecular weight is 482 g/mol. The van der Waals surface area contributed by atoms with E-state index < -0.39 is 5.97 Å². The van der Waals surface area contributed by atoms with E-state index in [1.807, 2.05) is 0 Å². The van der Waals surface area contributed by atoms with E-state index in [1.54, 1.807) is 24.1 Å². The number of hydrogen-bond acceptors (Lipinski definition) is 10. The molecule has 12 nitrogen and oxygen atoms in total. The zero-order valence-corrected chi connectivity index (χ0v) is 19.8. The highest BCUT2D eigenvalue weighted by Gasteiger charge is 2.49. The molecule has 1 spiro atoms. The molecule has 35 heavy (non-hydrogen) atoms. The van der Waals surface area contributed by atoms with Gasteiger partial charge >= 0.3 is 11.9 Å². The van der Waals surface area contributed by atoms with Gasteiger partial charge in [-0.15, -0.1) is 5.10 Å². The molecule has 2 fully saturated rings. The lowest BCUT2D eigenvalue weighted by atomic mass is 9.77. The highest BCUT2D eigenvalue weighted by molar-refractivity contribution is 5.94. The largest absolute Gasteiger partial charge is 0.465 e. The van der Waals surface area contributed by atoms with Gasteiger partial charge in [-0.05, 0) is 67.8 Å². The maximum absolute atomic E-state index is 13.3. The van der Waals surface area contributed by atoms with E-state index in [9.17, 15) is 14.4 Å². The lowest BCUT2D eigenvalue weighted by Gasteiger charge is -2.38. The van der Waals surface area contributed by atoms with Crippen molar-refractivity contribution in [2.45, 2.75) is 32.6 Å². The van der Waals surface area contributed by atoms with E-state index in [4.69, 9.17) is 9.47 Å². The van der Waals surface area contributed by atoms with Gasteiger partial charge in [-0.3, -0.25) is 4.79 Å². The Bertz CT molecular complexity index is 1180. The van der Waals surface area contributed by atoms with Crippen molar-refractivity contribution in [1.29, 1.82) is 0 Å². The minimum Gasteiger partial charge on any atom is -0.465 e. The molecule has 0 saturated carbocycles. The Labute approximate surface area is 201 Å². The first-order valence-corrected chi connectivity index (χ1v) is 11.6. The highest BCUT2D eigenvalue weighted by atomic mass is 16.5. The minimum absolute atomic E-state index is 0.111. The fraction of sp³-hybridized carbons (Fsp3) is 0.522. The molecule has 0 atom stereocenters. The molecule has 5 heterocycles. The number of pyridine rings is 1. The van der Waals surface area contributed by atoms with Crippen LogP contribution in [0.1, 0.15) is 42.1 Å². The quantitative estimate of drug-likeness (QED) is 0.538. The van der Waals surface area contributed by atoms with Crippen molar-refractivity contribution in [3.05, 3.63) is 41.0 Å². The molecule has 2 saturated heterocycles. The zero-order valence-electron chi connectivity index (χ0n) is 19.8. The number of likely N-dealkylation sites (tertiary alicyclic amines) is 2. The fourth-order valence-electron chi connectivity index (χ4n) is 5.14. The van der Waals surface area contributed by atoms with Gasteiger partial charge in [-0.1, -0.05) is 0 Å². The van der Waals surface area contributed by atoms with Gasteiger partial charge in [0.05, 0.1) is 29.4 Å². The molecular weight excluding hydrogens is 454 g/mol. The van der Waals surface area contributed by atoms with E-state index in [2.05, 4.69) is 25.4 Å². The number of rotatable bonds is 6. The summed E-state index contributed by atoms with van der Waals surface area (Å²) in [6.07, 6.45) is 6.01. The van der Waals surface area contributed by atoms with Crippen LogP contribution in [0.2, 0.25) is 0 Å². The second kappa shape index (κ2) is 9.17. The Morgan fingerprint density at radius 2 is 1.97 bits per heavy atom. The zero-order chi connectivity index (χ0) is 24.6. The van der Waals surface area contributed by atoms with Crippen molar-refractivity contribution < 1.29 is 23.9 Å². The predicted molar refractivity (Wildman–Crippen MR) is 120 cm³/mol. The molecule has 5 rings (SSSR count). The van der Waals surface area contributed by atoms with Gasteiger partial charge in [-0.25, -0.2) is 14.6 Å². The SMILES string of the molecule is COC(=O)c1cc(-n2cnnn2)ncc1CCN1CCC2(CC1)CCN(C1=C(C)C(=O)OC1)C2=O. The van der Waals surface area contributed by atoms with Crippen LogP contribution in [-0.2, 0) is 25.5 Å². The number of hydrogen-bond donors (Lipinski definition) is 0. The van der Waals surface area contributed by atoms with Crippen LogP contribution < -0.4 is 0 Å². The molecule has 0 radical (unpaired) electrons. The van der Waals surface area contributed by atoms with Crippen molar-refractivity contribution in [2.75, 3.05) is 39.9 Å². The molecule has 0 unspecified atom stereocenters. The fourth-order valence-corrected chi connectivity index (χ4v) is 5.14. The molecule has 2 aromatic rings. The maximum Gasteiger partial charge on any atom is 0.338 e. The van der Waals surface area contributed by atoms with Crippen LogP contribution in [-0.4, -0.2) is 92.7 Å². The number of cyclic esters (lactones) is 1. The second-order valence-electron chi connectivity index (χ2n) is 9.17. The van der Waals surface area contributed by atoms with Gasteiger partial charge < -0.3 is 19.3 Å². The number of carbonyl (C=O) groups excluding carboxylic acids is 3. The van der Waals surface area contributed by atoms with Gasteiger partial charge in [0.15, 0.2) is 5.82 Å². The normalized spacial score (nSPS) is 20.1. The van der Waals surface area contributed by atoms with Crippen LogP contribution in [0.25, 0.3) is 5.82 Å². The third-order valence-corrected chi connectivity index (χ3v) is 7.39. The van der Waals surface area contributed by atoms with Crippen molar-refractivity contribution in [3.8, 4) is 5.82 Å². The molecule has 12 heteroatoms. The summed E-state index contributed by atoms with van der Waals surface area (Å²) in [7, 11) is 1.35. The Morgan fingerprint density at radius 1 is 1.20 bits per heavy atom. The Balaban J connectivity index is 1.22. The minimum atomic E-state index is -0.440. The first-order chi connectivity index (χ1) is 16.9. The third kappa shape index (κ3) is 4.18. The topological polar surface area (TPSA) is 133 Å². The van der Waals surface area contributed by atoms with Gasteiger partial charge in [0.25, 0.3) is 0 Å². The first kappa shape index (κ1) is 23.1. The van der Waals surface area contributed by atoms with Crippen molar-refractivity contribution in [1.82, 2.24) is 35.0 Å². The van der Waals surface area contributed by atoms with E-state index in [0.717, 1.165) is 44.5 Å². The summed E-state index contributed by atoms with van der Waals surface area (Å²) in [6, 6.07) is 1.63. The van der Waals surface area contributed by atoms with Crippen molar-refractivity contribution >= 4 is 17.8 Å². The summed E-state index contributed by atoms with van der Waals surface area (Å²) in [5, 5.41) is 11.0. The van der Waals surface area contributed by atoms with Crippen molar-refractivity contribution in [3.63, 3.8) is 0 Å². The molecule has 0 N–H and O–H groups in total. The third-order valence-electron chi connectivity index (χ3n) is 7.39. The van der Waals surface area contributed by atoms with Crippen LogP contribution in [0.5, 0.6) is 0 Å². The smallest absolute Gasteiger partial charge is 0.338 e. The van der Waals surface area contributed by atoms with Crippen molar-refractivity contribution in [2.24, 2.45) is 5.41 Å². The van der Waals surface area contributed by atoms with E-state index in [1.165, 1.54) is 18.1 Å². The summed E-state index contributed by atoms with van der Waals surface area (Å²) in [5.74, 6) is -0.233. The maximum atomic E-state index is 13.3. The van der Waals surface area contributed by atoms with Crippen LogP contribution >= 0.6 is 0 Å². The monoisotopic (exact) mass is 481 g/mol. The number of nitrogens with zero attached hydrogens (tertiary/aromatic N) is 7. The number of aromatic nitrogens is 5. The highest BCUT2D eigenvalue weighted by Crippen LogP contribution is 2.43. The number of carbonyl (C=O) groups is 3. The number of piperidine rings is 1. The molecule has 0 bridgehead atoms. The molecule has 3 aliphatic rings. The second-order valence-corrected chi connectivity index (χ2v) is 9.17. The van der Waals surface area contributed by atoms with E-state index in [-0.39, 0.29) is 23.9 Å². The first-order valence-electron chi connectivity index (χ1n) is 11.6. The van der Waals surface area contributed by atoms with Gasteiger partial charge in [-0.2, -0.15) is 4.68 Å². The van der Waals surface area contributed by atoms with Crippen LogP contribution in [0.15, 0.2) is 29.9 Å². The predicted octanol–water partition coefficient (Wildman–Crippen LogP) is 0.532. The van der Waals surface area contributed by atoms with Crippen LogP contribution in [0, 0.1) is 5.41 Å². The Kier molecular flexibility index (Phi) is 6.05. The standard InChI is InChI=1S/C23H27N7O5/c1-15-18(13-35-20(15)31)29-10-6-23(22(29)33)4-8-28(9-5-23)7-3-16-12-24-19(30-14-25-26-27-30)11-17(16)21(32)34-2/h11-12,14H,3-10,13H2,1-2H3. The average Bonchev–Trinajstić information content (AvgIpc) is 3.60. The number of amides is 1. The summed E-state index contributed by atoms with van der Waals surface area (Å²) in [4.78, 5) is 45.9. The molecule has 184 valence electrons. The molecule has 0 aliphatic carbocycles. The number of ether oxygens (including phenoxy) is 2. The Morgan fingerprint density at radius 3 is 2.63 bits per heavy atom. The summed E-state index contributed by atoms with van der Waals surface area (Å²) >= 11 is 0. The van der Waals surface area contributed by atoms with E-state index >= 15 is 0 Å². The molecular formula is C23H27N7O5. The number of esters is 2. The molecule has 0 aromatic carbocycles. The number of tetrazole rings is 1. The lowest BCUT2D eigenvalue weighted by molar-refractivity contribution is -0.138. The van der Waals surface area contributed by atoms with Gasteiger partial charge in [0.1, 0.15) is 12.9 Å². The summed E-state index contributed by atoms with van der Waals surface area (Å²) in [6.45, 7) is 4.84. The van der Waals surface area contributed by atoms with Crippen LogP contribution in [0.3, 0.4) is 0 Å². The molecule has 1 amide bonds. The number of methoxy groups -OCH3 is 1. The summed E-state index contributed by atoms with van der Waals surface area (Å²) in [5.41, 5.74) is 2.09. The van der Waals surface area contributed by atoms with E-state index in [0.29, 0.717) is 35.6 Å². The molecule has 2 aromatic heterocycles. The Hall–Kier alpha value is -3.67. The van der Waals surface area contributed by atoms with Crippen LogP contribution in [0.4, 0.5) is 0 Å².